The van der Waals surface area contributed by atoms with Crippen LogP contribution in [-0.4, -0.2) is 139 Å². The standard InChI is InChI=1S/C51H68N10O12S2/c1-27(2)41(50(72)73)60-48(70)39(26-74)59-46(68)36(22-29-16-18-31(62)19-17-29)56-44(66)35(15-10-20-52)55-47(69)38(23-30-25-54-34-14-9-8-13-32(30)34)57-45(67)37(21-28-11-6-5-7-12-28)58-49(71)42(51(3,4)75)61-43(65)33(53)24-40(63)64/h5-9,11-14,16-19,25,27,33,35-39,41-42,54,62,74-75H,10,15,20-24,26,52-53H2,1-4H3,(H,55,69)(H,56,66)(H,57,67)(H,58,71)(H,59,68)(H,60,70)(H,61,65)(H,63,64)(H,72,73)/t33-,35-,36-,37-,38+,39-,41-,42+/m0/s1. The average Bonchev–Trinajstić information content (AvgIpc) is 3.76. The fourth-order valence-corrected chi connectivity index (χ4v) is 8.29. The molecule has 22 nitrogen and oxygen atoms in total. The van der Waals surface area contributed by atoms with Crippen molar-refractivity contribution < 1.29 is 58.5 Å². The number of aromatic hydroxyl groups is 1. The molecule has 0 saturated heterocycles. The topological polar surface area (TPSA) is 366 Å². The molecular formula is C51H68N10O12S2. The highest BCUT2D eigenvalue weighted by molar-refractivity contribution is 7.81. The van der Waals surface area contributed by atoms with E-state index in [1.807, 2.05) is 6.07 Å². The summed E-state index contributed by atoms with van der Waals surface area (Å²) < 4.78 is -1.29. The number of thiol groups is 2. The normalized spacial score (nSPS) is 14.6. The van der Waals surface area contributed by atoms with Gasteiger partial charge in [0.15, 0.2) is 0 Å². The molecule has 0 bridgehead atoms. The summed E-state index contributed by atoms with van der Waals surface area (Å²) in [4.78, 5) is 125. The van der Waals surface area contributed by atoms with Crippen LogP contribution in [0.15, 0.2) is 85.1 Å². The molecule has 0 radical (unpaired) electrons. The molecule has 24 heteroatoms. The number of para-hydroxylation sites is 1. The molecule has 0 spiro atoms. The number of carboxylic acids is 2. The van der Waals surface area contributed by atoms with E-state index in [1.54, 1.807) is 68.6 Å². The van der Waals surface area contributed by atoms with Gasteiger partial charge < -0.3 is 69.0 Å². The second-order valence-corrected chi connectivity index (χ2v) is 20.4. The molecule has 4 aromatic rings. The number of hydrogen-bond acceptors (Lipinski definition) is 14. The summed E-state index contributed by atoms with van der Waals surface area (Å²) in [5, 5.41) is 47.8. The fourth-order valence-electron chi connectivity index (χ4n) is 7.86. The number of H-pyrrole nitrogens is 1. The molecule has 0 saturated carbocycles. The van der Waals surface area contributed by atoms with E-state index in [-0.39, 0.29) is 50.2 Å². The number of aromatic nitrogens is 1. The second-order valence-electron chi connectivity index (χ2n) is 18.9. The van der Waals surface area contributed by atoms with E-state index in [4.69, 9.17) is 11.5 Å². The van der Waals surface area contributed by atoms with Crippen LogP contribution < -0.4 is 48.7 Å². The molecule has 406 valence electrons. The van der Waals surface area contributed by atoms with Crippen molar-refractivity contribution in [3.05, 3.63) is 102 Å². The lowest BCUT2D eigenvalue weighted by molar-refractivity contribution is -0.143. The lowest BCUT2D eigenvalue weighted by Gasteiger charge is -2.32. The Morgan fingerprint density at radius 3 is 1.65 bits per heavy atom. The Bertz CT molecular complexity index is 2630. The Kier molecular flexibility index (Phi) is 23.0. The molecule has 0 aliphatic rings. The predicted molar refractivity (Wildman–Crippen MR) is 285 cm³/mol. The fraction of sp³-hybridized carbons (Fsp3) is 0.431. The smallest absolute Gasteiger partial charge is 0.326 e. The highest BCUT2D eigenvalue weighted by atomic mass is 32.1. The number of carbonyl (C=O) groups is 9. The molecule has 0 aliphatic heterocycles. The van der Waals surface area contributed by atoms with Gasteiger partial charge in [-0.25, -0.2) is 4.79 Å². The number of carboxylic acid groups (broad SMARTS) is 2. The number of hydrogen-bond donors (Lipinski definition) is 15. The van der Waals surface area contributed by atoms with E-state index in [0.717, 1.165) is 5.52 Å². The number of nitrogens with one attached hydrogen (secondary N) is 8. The summed E-state index contributed by atoms with van der Waals surface area (Å²) in [6, 6.07) is 10.3. The molecule has 0 aliphatic carbocycles. The minimum Gasteiger partial charge on any atom is -0.508 e. The first-order chi connectivity index (χ1) is 35.4. The van der Waals surface area contributed by atoms with Gasteiger partial charge in [-0.15, -0.1) is 0 Å². The van der Waals surface area contributed by atoms with Gasteiger partial charge in [0.05, 0.1) is 12.5 Å². The van der Waals surface area contributed by atoms with Gasteiger partial charge in [0.2, 0.25) is 41.4 Å². The lowest BCUT2D eigenvalue weighted by Crippen LogP contribution is -2.63. The third-order valence-electron chi connectivity index (χ3n) is 12.0. The van der Waals surface area contributed by atoms with E-state index in [1.165, 1.54) is 38.1 Å². The van der Waals surface area contributed by atoms with E-state index in [2.05, 4.69) is 67.5 Å². The predicted octanol–water partition coefficient (Wildman–Crippen LogP) is 0.215. The minimum absolute atomic E-state index is 0.0573. The molecule has 1 heterocycles. The van der Waals surface area contributed by atoms with Gasteiger partial charge in [-0.1, -0.05) is 74.5 Å². The third-order valence-corrected chi connectivity index (χ3v) is 12.6. The Hall–Kier alpha value is -7.15. The van der Waals surface area contributed by atoms with Crippen LogP contribution >= 0.6 is 25.3 Å². The summed E-state index contributed by atoms with van der Waals surface area (Å²) in [5.41, 5.74) is 14.1. The van der Waals surface area contributed by atoms with Crippen LogP contribution in [0.25, 0.3) is 10.9 Å². The number of benzene rings is 3. The van der Waals surface area contributed by atoms with Gasteiger partial charge in [0.1, 0.15) is 48.0 Å². The maximum absolute atomic E-state index is 14.8. The van der Waals surface area contributed by atoms with E-state index >= 15 is 0 Å². The number of aliphatic carboxylic acids is 2. The zero-order chi connectivity index (χ0) is 55.6. The lowest BCUT2D eigenvalue weighted by atomic mass is 9.98. The van der Waals surface area contributed by atoms with Crippen LogP contribution in [0, 0.1) is 5.92 Å². The molecule has 8 atom stereocenters. The number of amides is 7. The minimum atomic E-state index is -1.52. The van der Waals surface area contributed by atoms with Crippen molar-refractivity contribution in [3.8, 4) is 5.75 Å². The monoisotopic (exact) mass is 1080 g/mol. The quantitative estimate of drug-likeness (QED) is 0.0324. The van der Waals surface area contributed by atoms with Gasteiger partial charge >= 0.3 is 11.9 Å². The van der Waals surface area contributed by atoms with Gasteiger partial charge in [0, 0.05) is 46.9 Å². The third kappa shape index (κ3) is 18.6. The number of phenolic OH excluding ortho intramolecular Hbond substituents is 1. The molecule has 75 heavy (non-hydrogen) atoms. The maximum Gasteiger partial charge on any atom is 0.326 e. The van der Waals surface area contributed by atoms with Gasteiger partial charge in [0.25, 0.3) is 0 Å². The number of rotatable bonds is 29. The van der Waals surface area contributed by atoms with Crippen LogP contribution in [0.2, 0.25) is 0 Å². The second kappa shape index (κ2) is 28.5. The first kappa shape index (κ1) is 60.4. The maximum atomic E-state index is 14.8. The Morgan fingerprint density at radius 2 is 1.12 bits per heavy atom. The van der Waals surface area contributed by atoms with Crippen LogP contribution in [0.4, 0.5) is 0 Å². The molecular weight excluding hydrogens is 1010 g/mol. The largest absolute Gasteiger partial charge is 0.508 e. The number of fused-ring (bicyclic) bond motifs is 1. The summed E-state index contributed by atoms with van der Waals surface area (Å²) in [5.74, 6) is -9.59. The first-order valence-electron chi connectivity index (χ1n) is 24.1. The molecule has 3 aromatic carbocycles. The van der Waals surface area contributed by atoms with Crippen molar-refractivity contribution in [2.24, 2.45) is 17.4 Å². The van der Waals surface area contributed by atoms with Gasteiger partial charge in [-0.05, 0) is 74.0 Å². The molecule has 1 aromatic heterocycles. The van der Waals surface area contributed by atoms with Crippen molar-refractivity contribution in [1.82, 2.24) is 42.2 Å². The molecule has 15 N–H and O–H groups in total. The number of aromatic amines is 1. The molecule has 0 fully saturated rings. The number of nitrogens with two attached hydrogens (primary N) is 2. The van der Waals surface area contributed by atoms with E-state index in [0.29, 0.717) is 22.1 Å². The number of phenols is 1. The van der Waals surface area contributed by atoms with Gasteiger partial charge in [-0.3, -0.25) is 38.4 Å². The van der Waals surface area contributed by atoms with Crippen LogP contribution in [0.1, 0.15) is 63.6 Å². The summed E-state index contributed by atoms with van der Waals surface area (Å²) in [6.07, 6.45) is 0.611. The Morgan fingerprint density at radius 1 is 0.627 bits per heavy atom. The van der Waals surface area contributed by atoms with Crippen molar-refractivity contribution in [1.29, 1.82) is 0 Å². The summed E-state index contributed by atoms with van der Waals surface area (Å²) >= 11 is 8.74. The van der Waals surface area contributed by atoms with Crippen LogP contribution in [-0.2, 0) is 62.4 Å². The van der Waals surface area contributed by atoms with Crippen molar-refractivity contribution in [2.75, 3.05) is 12.3 Å². The summed E-state index contributed by atoms with van der Waals surface area (Å²) in [7, 11) is 0. The van der Waals surface area contributed by atoms with Crippen LogP contribution in [0.5, 0.6) is 5.75 Å². The average molecular weight is 1080 g/mol. The summed E-state index contributed by atoms with van der Waals surface area (Å²) in [6.45, 7) is 6.29. The Balaban J connectivity index is 1.70. The zero-order valence-electron chi connectivity index (χ0n) is 42.0. The SMILES string of the molecule is CC(C)[C@H](NC(=O)[C@H](CS)NC(=O)[C@H](Cc1ccc(O)cc1)NC(=O)[C@H](CCCN)NC(=O)[C@@H](Cc1c[nH]c2ccccc12)NC(=O)[C@H](Cc1ccccc1)NC(=O)[C@@H](NC(=O)[C@@H](N)CC(=O)O)C(C)(C)S)C(=O)O. The first-order valence-corrected chi connectivity index (χ1v) is 25.2. The van der Waals surface area contributed by atoms with Crippen molar-refractivity contribution in [3.63, 3.8) is 0 Å². The van der Waals surface area contributed by atoms with Crippen molar-refractivity contribution >= 4 is 89.4 Å². The molecule has 7 amide bonds. The van der Waals surface area contributed by atoms with E-state index < -0.39 is 119 Å². The highest BCUT2D eigenvalue weighted by Gasteiger charge is 2.39. The van der Waals surface area contributed by atoms with Gasteiger partial charge in [-0.2, -0.15) is 25.3 Å². The van der Waals surface area contributed by atoms with Crippen LogP contribution in [0.3, 0.4) is 0 Å². The molecule has 4 rings (SSSR count). The number of carbonyl (C=O) groups excluding carboxylic acids is 7. The Labute approximate surface area is 444 Å². The zero-order valence-corrected chi connectivity index (χ0v) is 43.8. The molecule has 0 unspecified atom stereocenters. The van der Waals surface area contributed by atoms with E-state index in [9.17, 15) is 58.5 Å². The van der Waals surface area contributed by atoms with Crippen molar-refractivity contribution in [2.45, 2.75) is 119 Å². The highest BCUT2D eigenvalue weighted by Crippen LogP contribution is 2.21.